The van der Waals surface area contributed by atoms with Crippen molar-refractivity contribution in [3.05, 3.63) is 49.8 Å². The van der Waals surface area contributed by atoms with Crippen molar-refractivity contribution in [2.24, 2.45) is 0 Å². The van der Waals surface area contributed by atoms with Crippen molar-refractivity contribution in [3.8, 4) is 5.69 Å². The molecule has 3 heterocycles. The highest BCUT2D eigenvalue weighted by Crippen LogP contribution is 2.33. The lowest BCUT2D eigenvalue weighted by molar-refractivity contribution is 0.783. The van der Waals surface area contributed by atoms with Gasteiger partial charge in [-0.1, -0.05) is 48.7 Å². The Hall–Kier alpha value is -1.34. The third kappa shape index (κ3) is 3.24. The summed E-state index contributed by atoms with van der Waals surface area (Å²) in [7, 11) is 0. The van der Waals surface area contributed by atoms with Crippen LogP contribution in [0, 0.1) is 0 Å². The predicted octanol–water partition coefficient (Wildman–Crippen LogP) is 4.98. The van der Waals surface area contributed by atoms with Crippen molar-refractivity contribution in [2.75, 3.05) is 6.26 Å². The van der Waals surface area contributed by atoms with Crippen LogP contribution in [0.5, 0.6) is 0 Å². The van der Waals surface area contributed by atoms with Crippen molar-refractivity contribution < 1.29 is 0 Å². The molecule has 9 heteroatoms. The van der Waals surface area contributed by atoms with Gasteiger partial charge in [-0.3, -0.25) is 4.98 Å². The Labute approximate surface area is 163 Å². The lowest BCUT2D eigenvalue weighted by Crippen LogP contribution is -2.25. The molecule has 0 spiro atoms. The quantitative estimate of drug-likeness (QED) is 0.343. The molecule has 0 saturated heterocycles. The van der Waals surface area contributed by atoms with Crippen LogP contribution in [0.3, 0.4) is 0 Å². The zero-order chi connectivity index (χ0) is 18.3. The largest absolute Gasteiger partial charge is 0.355 e. The molecule has 0 aromatic carbocycles. The van der Waals surface area contributed by atoms with Gasteiger partial charge in [0.2, 0.25) is 0 Å². The molecule has 25 heavy (non-hydrogen) atoms. The monoisotopic (exact) mass is 414 g/mol. The number of fused-ring (bicyclic) bond motifs is 1. The van der Waals surface area contributed by atoms with Crippen molar-refractivity contribution in [2.45, 2.75) is 24.7 Å². The molecule has 0 bridgehead atoms. The second kappa shape index (κ2) is 7.11. The van der Waals surface area contributed by atoms with E-state index in [-0.39, 0.29) is 21.2 Å². The third-order valence-corrected chi connectivity index (χ3v) is 5.37. The van der Waals surface area contributed by atoms with Crippen molar-refractivity contribution in [1.29, 1.82) is 0 Å². The van der Waals surface area contributed by atoms with E-state index in [1.54, 1.807) is 12.3 Å². The second-order valence-electron chi connectivity index (χ2n) is 5.55. The topological polar surface area (TPSA) is 60.7 Å². The number of thioether (sulfide) groups is 1. The van der Waals surface area contributed by atoms with Gasteiger partial charge in [-0.15, -0.1) is 11.8 Å². The van der Waals surface area contributed by atoms with Gasteiger partial charge in [-0.05, 0) is 24.3 Å². The Balaban J connectivity index is 2.54. The Morgan fingerprint density at radius 3 is 2.52 bits per heavy atom. The Kier molecular flexibility index (Phi) is 5.25. The highest BCUT2D eigenvalue weighted by atomic mass is 35.5. The summed E-state index contributed by atoms with van der Waals surface area (Å²) in [4.78, 5) is 26.2. The van der Waals surface area contributed by atoms with Crippen LogP contribution < -0.4 is 5.69 Å². The smallest absolute Gasteiger partial charge is 0.259 e. The number of rotatable bonds is 3. The van der Waals surface area contributed by atoms with E-state index in [9.17, 15) is 4.79 Å². The number of halogens is 3. The summed E-state index contributed by atoms with van der Waals surface area (Å²) in [5.74, 6) is 0.0856. The first-order valence-corrected chi connectivity index (χ1v) is 9.68. The predicted molar refractivity (Wildman–Crippen MR) is 104 cm³/mol. The van der Waals surface area contributed by atoms with Crippen LogP contribution in [0.4, 0.5) is 0 Å². The molecule has 0 N–H and O–H groups in total. The van der Waals surface area contributed by atoms with Crippen LogP contribution in [-0.4, -0.2) is 25.8 Å². The maximum atomic E-state index is 12.7. The summed E-state index contributed by atoms with van der Waals surface area (Å²) in [5, 5.41) is 0.804. The van der Waals surface area contributed by atoms with Crippen LogP contribution >= 0.6 is 46.6 Å². The maximum absolute atomic E-state index is 12.7. The molecule has 0 unspecified atom stereocenters. The van der Waals surface area contributed by atoms with E-state index in [0.29, 0.717) is 16.7 Å². The van der Waals surface area contributed by atoms with Crippen molar-refractivity contribution in [3.63, 3.8) is 0 Å². The van der Waals surface area contributed by atoms with E-state index >= 15 is 0 Å². The van der Waals surface area contributed by atoms with Crippen LogP contribution in [0.2, 0.25) is 15.3 Å². The fourth-order valence-corrected chi connectivity index (χ4v) is 3.61. The van der Waals surface area contributed by atoms with Gasteiger partial charge in [-0.2, -0.15) is 4.98 Å². The number of nitrogens with zero attached hydrogens (tertiary/aromatic N) is 4. The SMILES string of the molecule is CSc1ccnc(C(C)C)c1-n1c(=O)nc(Cl)c2cc(Cl)c(Cl)nc21. The molecule has 0 fully saturated rings. The fraction of sp³-hybridized carbons (Fsp3) is 0.250. The van der Waals surface area contributed by atoms with E-state index in [1.807, 2.05) is 26.2 Å². The standard InChI is InChI=1S/C16H13Cl3N4OS/c1-7(2)11-12(10(25-3)4-5-20-11)23-15-8(13(18)22-16(23)24)6-9(17)14(19)21-15/h4-7H,1-3H3. The van der Waals surface area contributed by atoms with Gasteiger partial charge in [0.05, 0.1) is 21.8 Å². The Bertz CT molecular complexity index is 1040. The lowest BCUT2D eigenvalue weighted by atomic mass is 10.1. The van der Waals surface area contributed by atoms with Crippen LogP contribution in [0.1, 0.15) is 25.5 Å². The van der Waals surface area contributed by atoms with Crippen molar-refractivity contribution in [1.82, 2.24) is 19.5 Å². The minimum Gasteiger partial charge on any atom is -0.259 e. The van der Waals surface area contributed by atoms with E-state index < -0.39 is 5.69 Å². The van der Waals surface area contributed by atoms with Gasteiger partial charge in [0.15, 0.2) is 5.65 Å². The first kappa shape index (κ1) is 18.5. The highest BCUT2D eigenvalue weighted by molar-refractivity contribution is 7.98. The first-order chi connectivity index (χ1) is 11.8. The molecule has 3 aromatic heterocycles. The van der Waals surface area contributed by atoms with Crippen molar-refractivity contribution >= 4 is 57.6 Å². The molecule has 0 aliphatic rings. The second-order valence-corrected chi connectivity index (χ2v) is 7.53. The van der Waals surface area contributed by atoms with Gasteiger partial charge in [0, 0.05) is 11.1 Å². The molecule has 0 aliphatic carbocycles. The summed E-state index contributed by atoms with van der Waals surface area (Å²) in [6.45, 7) is 4.01. The van der Waals surface area contributed by atoms with Crippen LogP contribution in [0.25, 0.3) is 16.7 Å². The summed E-state index contributed by atoms with van der Waals surface area (Å²) in [6.07, 6.45) is 3.65. The summed E-state index contributed by atoms with van der Waals surface area (Å²) in [6, 6.07) is 3.40. The van der Waals surface area contributed by atoms with E-state index in [1.165, 1.54) is 16.3 Å². The zero-order valence-corrected chi connectivity index (χ0v) is 16.6. The fourth-order valence-electron chi connectivity index (χ4n) is 2.53. The molecule has 0 aliphatic heterocycles. The first-order valence-electron chi connectivity index (χ1n) is 7.32. The molecule has 0 amide bonds. The summed E-state index contributed by atoms with van der Waals surface area (Å²) < 4.78 is 1.40. The number of pyridine rings is 2. The molecule has 130 valence electrons. The number of aromatic nitrogens is 4. The van der Waals surface area contributed by atoms with Gasteiger partial charge in [0.1, 0.15) is 10.3 Å². The molecule has 0 atom stereocenters. The van der Waals surface area contributed by atoms with Crippen LogP contribution in [0.15, 0.2) is 28.0 Å². The average Bonchev–Trinajstić information content (AvgIpc) is 2.56. The molecular formula is C16H13Cl3N4OS. The zero-order valence-electron chi connectivity index (χ0n) is 13.5. The summed E-state index contributed by atoms with van der Waals surface area (Å²) >= 11 is 19.8. The summed E-state index contributed by atoms with van der Waals surface area (Å²) in [5.41, 5.74) is 1.14. The third-order valence-electron chi connectivity index (χ3n) is 3.64. The minimum atomic E-state index is -0.548. The molecular weight excluding hydrogens is 403 g/mol. The normalized spacial score (nSPS) is 11.5. The molecule has 3 rings (SSSR count). The maximum Gasteiger partial charge on any atom is 0.355 e. The Morgan fingerprint density at radius 2 is 1.88 bits per heavy atom. The molecule has 0 saturated carbocycles. The average molecular weight is 416 g/mol. The molecule has 0 radical (unpaired) electrons. The van der Waals surface area contributed by atoms with Gasteiger partial charge < -0.3 is 0 Å². The molecule has 5 nitrogen and oxygen atoms in total. The minimum absolute atomic E-state index is 0.0306. The number of hydrogen-bond acceptors (Lipinski definition) is 5. The lowest BCUT2D eigenvalue weighted by Gasteiger charge is -2.18. The number of hydrogen-bond donors (Lipinski definition) is 0. The van der Waals surface area contributed by atoms with E-state index in [4.69, 9.17) is 34.8 Å². The Morgan fingerprint density at radius 1 is 1.16 bits per heavy atom. The van der Waals surface area contributed by atoms with Gasteiger partial charge in [-0.25, -0.2) is 14.3 Å². The molecule has 3 aromatic rings. The van der Waals surface area contributed by atoms with Crippen LogP contribution in [-0.2, 0) is 0 Å². The highest BCUT2D eigenvalue weighted by Gasteiger charge is 2.21. The van der Waals surface area contributed by atoms with Gasteiger partial charge in [0.25, 0.3) is 0 Å². The van der Waals surface area contributed by atoms with E-state index in [0.717, 1.165) is 10.6 Å². The van der Waals surface area contributed by atoms with Gasteiger partial charge >= 0.3 is 5.69 Å². The van der Waals surface area contributed by atoms with E-state index in [2.05, 4.69) is 15.0 Å².